The van der Waals surface area contributed by atoms with E-state index in [2.05, 4.69) is 10.3 Å². The summed E-state index contributed by atoms with van der Waals surface area (Å²) in [5.41, 5.74) is 0. The van der Waals surface area contributed by atoms with E-state index in [9.17, 15) is 4.79 Å². The molecule has 100 valence electrons. The average Bonchev–Trinajstić information content (AvgIpc) is 2.82. The molecule has 1 fully saturated rings. The molecule has 5 nitrogen and oxygen atoms in total. The van der Waals surface area contributed by atoms with Gasteiger partial charge in [-0.15, -0.1) is 11.3 Å². The number of aromatic nitrogens is 1. The molecular weight excluding hydrogens is 252 g/mol. The highest BCUT2D eigenvalue weighted by Crippen LogP contribution is 2.29. The van der Waals surface area contributed by atoms with E-state index in [4.69, 9.17) is 9.47 Å². The molecule has 0 radical (unpaired) electrons. The maximum absolute atomic E-state index is 11.4. The number of ether oxygens (including phenoxy) is 2. The van der Waals surface area contributed by atoms with Crippen molar-refractivity contribution in [3.05, 3.63) is 16.6 Å². The monoisotopic (exact) mass is 270 g/mol. The number of thiazole rings is 1. The summed E-state index contributed by atoms with van der Waals surface area (Å²) in [6.07, 6.45) is 3.15. The summed E-state index contributed by atoms with van der Waals surface area (Å²) in [7, 11) is 0. The van der Waals surface area contributed by atoms with Gasteiger partial charge in [-0.1, -0.05) is 0 Å². The molecule has 2 atom stereocenters. The van der Waals surface area contributed by atoms with Gasteiger partial charge >= 0.3 is 6.09 Å². The first kappa shape index (κ1) is 13.3. The number of carbonyl (C=O) groups excluding carboxylic acids is 1. The van der Waals surface area contributed by atoms with Gasteiger partial charge in [-0.2, -0.15) is 0 Å². The van der Waals surface area contributed by atoms with Crippen LogP contribution in [0, 0.1) is 0 Å². The SMILES string of the molecule is CC(C)OC(=O)N[C@@H]1CCC(c2nccs2)OC1. The molecule has 18 heavy (non-hydrogen) atoms. The first-order valence-corrected chi connectivity index (χ1v) is 7.01. The van der Waals surface area contributed by atoms with E-state index in [1.807, 2.05) is 19.2 Å². The van der Waals surface area contributed by atoms with Gasteiger partial charge in [0.05, 0.1) is 18.8 Å². The van der Waals surface area contributed by atoms with Crippen molar-refractivity contribution in [3.8, 4) is 0 Å². The van der Waals surface area contributed by atoms with Crippen molar-refractivity contribution >= 4 is 17.4 Å². The van der Waals surface area contributed by atoms with Crippen LogP contribution in [0.15, 0.2) is 11.6 Å². The lowest BCUT2D eigenvalue weighted by atomic mass is 10.1. The maximum atomic E-state index is 11.4. The summed E-state index contributed by atoms with van der Waals surface area (Å²) < 4.78 is 10.8. The van der Waals surface area contributed by atoms with Crippen LogP contribution in [0.1, 0.15) is 37.8 Å². The highest BCUT2D eigenvalue weighted by atomic mass is 32.1. The lowest BCUT2D eigenvalue weighted by molar-refractivity contribution is -0.00533. The van der Waals surface area contributed by atoms with Gasteiger partial charge in [0.25, 0.3) is 0 Å². The van der Waals surface area contributed by atoms with Crippen LogP contribution in [-0.4, -0.2) is 29.8 Å². The Bertz CT molecular complexity index is 373. The fraction of sp³-hybridized carbons (Fsp3) is 0.667. The second-order valence-electron chi connectivity index (χ2n) is 4.56. The van der Waals surface area contributed by atoms with Gasteiger partial charge in [0.2, 0.25) is 0 Å². The minimum atomic E-state index is -0.369. The Hall–Kier alpha value is -1.14. The van der Waals surface area contributed by atoms with Gasteiger partial charge < -0.3 is 14.8 Å². The Morgan fingerprint density at radius 2 is 2.44 bits per heavy atom. The number of carbonyl (C=O) groups is 1. The van der Waals surface area contributed by atoms with Crippen molar-refractivity contribution in [2.24, 2.45) is 0 Å². The number of nitrogens with zero attached hydrogens (tertiary/aromatic N) is 1. The first-order chi connectivity index (χ1) is 8.65. The second kappa shape index (κ2) is 6.15. The lowest BCUT2D eigenvalue weighted by Gasteiger charge is -2.28. The Morgan fingerprint density at radius 1 is 1.61 bits per heavy atom. The van der Waals surface area contributed by atoms with E-state index in [0.717, 1.165) is 17.8 Å². The number of alkyl carbamates (subject to hydrolysis) is 1. The Labute approximate surface area is 111 Å². The van der Waals surface area contributed by atoms with Gasteiger partial charge in [-0.05, 0) is 26.7 Å². The summed E-state index contributed by atoms with van der Waals surface area (Å²) in [5, 5.41) is 5.77. The Balaban J connectivity index is 1.75. The van der Waals surface area contributed by atoms with Crippen molar-refractivity contribution in [3.63, 3.8) is 0 Å². The smallest absolute Gasteiger partial charge is 0.407 e. The van der Waals surface area contributed by atoms with Gasteiger partial charge in [-0.3, -0.25) is 0 Å². The third-order valence-corrected chi connectivity index (χ3v) is 3.54. The number of amides is 1. The molecule has 1 saturated heterocycles. The van der Waals surface area contributed by atoms with Crippen molar-refractivity contribution < 1.29 is 14.3 Å². The van der Waals surface area contributed by atoms with E-state index in [0.29, 0.717) is 6.61 Å². The summed E-state index contributed by atoms with van der Waals surface area (Å²) in [5.74, 6) is 0. The molecule has 0 spiro atoms. The van der Waals surface area contributed by atoms with Crippen LogP contribution in [0.25, 0.3) is 0 Å². The van der Waals surface area contributed by atoms with E-state index < -0.39 is 0 Å². The van der Waals surface area contributed by atoms with Crippen LogP contribution in [0.3, 0.4) is 0 Å². The van der Waals surface area contributed by atoms with Crippen LogP contribution in [-0.2, 0) is 9.47 Å². The molecule has 2 rings (SSSR count). The van der Waals surface area contributed by atoms with Crippen LogP contribution < -0.4 is 5.32 Å². The number of rotatable bonds is 3. The molecule has 1 aromatic rings. The zero-order chi connectivity index (χ0) is 13.0. The first-order valence-electron chi connectivity index (χ1n) is 6.13. The average molecular weight is 270 g/mol. The lowest BCUT2D eigenvalue weighted by Crippen LogP contribution is -2.42. The minimum Gasteiger partial charge on any atom is -0.447 e. The molecule has 1 amide bonds. The summed E-state index contributed by atoms with van der Waals surface area (Å²) in [6, 6.07) is 0.0347. The third-order valence-electron chi connectivity index (χ3n) is 2.67. The summed E-state index contributed by atoms with van der Waals surface area (Å²) >= 11 is 1.60. The number of hydrogen-bond donors (Lipinski definition) is 1. The molecule has 1 aliphatic rings. The topological polar surface area (TPSA) is 60.5 Å². The highest BCUT2D eigenvalue weighted by molar-refractivity contribution is 7.09. The molecule has 0 saturated carbocycles. The third kappa shape index (κ3) is 3.68. The molecule has 1 unspecified atom stereocenters. The van der Waals surface area contributed by atoms with Crippen LogP contribution in [0.2, 0.25) is 0 Å². The minimum absolute atomic E-state index is 0.0347. The molecule has 6 heteroatoms. The van der Waals surface area contributed by atoms with E-state index in [-0.39, 0.29) is 24.3 Å². The molecule has 2 heterocycles. The molecular formula is C12H18N2O3S. The predicted molar refractivity (Wildman–Crippen MR) is 68.6 cm³/mol. The molecule has 0 aliphatic carbocycles. The van der Waals surface area contributed by atoms with Crippen molar-refractivity contribution in [1.29, 1.82) is 0 Å². The van der Waals surface area contributed by atoms with E-state index in [1.165, 1.54) is 0 Å². The molecule has 1 aromatic heterocycles. The number of hydrogen-bond acceptors (Lipinski definition) is 5. The van der Waals surface area contributed by atoms with E-state index in [1.54, 1.807) is 17.5 Å². The molecule has 0 bridgehead atoms. The molecule has 0 aromatic carbocycles. The summed E-state index contributed by atoms with van der Waals surface area (Å²) in [6.45, 7) is 4.17. The van der Waals surface area contributed by atoms with Crippen LogP contribution in [0.5, 0.6) is 0 Å². The standard InChI is InChI=1S/C12H18N2O3S/c1-8(2)17-12(15)14-9-3-4-10(16-7-9)11-13-5-6-18-11/h5-6,8-10H,3-4,7H2,1-2H3,(H,14,15)/t9-,10?/m1/s1. The Morgan fingerprint density at radius 3 is 3.00 bits per heavy atom. The molecule has 1 aliphatic heterocycles. The zero-order valence-electron chi connectivity index (χ0n) is 10.6. The maximum Gasteiger partial charge on any atom is 0.407 e. The van der Waals surface area contributed by atoms with Crippen molar-refractivity contribution in [2.75, 3.05) is 6.61 Å². The van der Waals surface area contributed by atoms with Crippen molar-refractivity contribution in [2.45, 2.75) is 44.9 Å². The van der Waals surface area contributed by atoms with Gasteiger partial charge in [0, 0.05) is 11.6 Å². The fourth-order valence-corrected chi connectivity index (χ4v) is 2.59. The van der Waals surface area contributed by atoms with Gasteiger partial charge in [-0.25, -0.2) is 9.78 Å². The normalized spacial score (nSPS) is 23.9. The molecule has 1 N–H and O–H groups in total. The van der Waals surface area contributed by atoms with Crippen LogP contribution >= 0.6 is 11.3 Å². The fourth-order valence-electron chi connectivity index (χ4n) is 1.87. The van der Waals surface area contributed by atoms with E-state index >= 15 is 0 Å². The Kier molecular flexibility index (Phi) is 4.54. The largest absolute Gasteiger partial charge is 0.447 e. The van der Waals surface area contributed by atoms with Crippen molar-refractivity contribution in [1.82, 2.24) is 10.3 Å². The summed E-state index contributed by atoms with van der Waals surface area (Å²) in [4.78, 5) is 15.7. The number of nitrogens with one attached hydrogen (secondary N) is 1. The second-order valence-corrected chi connectivity index (χ2v) is 5.49. The quantitative estimate of drug-likeness (QED) is 0.916. The predicted octanol–water partition coefficient (Wildman–Crippen LogP) is 2.50. The zero-order valence-corrected chi connectivity index (χ0v) is 11.4. The van der Waals surface area contributed by atoms with Gasteiger partial charge in [0.1, 0.15) is 11.1 Å². The highest BCUT2D eigenvalue weighted by Gasteiger charge is 2.25. The van der Waals surface area contributed by atoms with Crippen LogP contribution in [0.4, 0.5) is 4.79 Å². The van der Waals surface area contributed by atoms with Gasteiger partial charge in [0.15, 0.2) is 0 Å².